The first-order valence-corrected chi connectivity index (χ1v) is 7.95. The van der Waals surface area contributed by atoms with Crippen LogP contribution in [-0.4, -0.2) is 30.0 Å². The van der Waals surface area contributed by atoms with Crippen LogP contribution in [-0.2, 0) is 11.3 Å². The molecule has 0 saturated carbocycles. The highest BCUT2D eigenvalue weighted by Gasteiger charge is 2.24. The third-order valence-corrected chi connectivity index (χ3v) is 4.03. The van der Waals surface area contributed by atoms with Gasteiger partial charge in [-0.05, 0) is 41.9 Å². The molecule has 0 bridgehead atoms. The van der Waals surface area contributed by atoms with Gasteiger partial charge in [0.15, 0.2) is 0 Å². The zero-order chi connectivity index (χ0) is 15.2. The van der Waals surface area contributed by atoms with E-state index in [2.05, 4.69) is 33.3 Å². The number of nitrogens with zero attached hydrogens (tertiary/aromatic N) is 2. The van der Waals surface area contributed by atoms with Crippen molar-refractivity contribution >= 4 is 15.9 Å². The maximum atomic E-state index is 5.47. The van der Waals surface area contributed by atoms with E-state index in [1.807, 2.05) is 23.9 Å². The van der Waals surface area contributed by atoms with E-state index in [9.17, 15) is 0 Å². The average molecular weight is 356 g/mol. The lowest BCUT2D eigenvalue weighted by molar-refractivity contribution is 0.182. The molecule has 0 aliphatic heterocycles. The number of nitrogens with one attached hydrogen (secondary N) is 1. The molecule has 2 heterocycles. The van der Waals surface area contributed by atoms with Crippen molar-refractivity contribution in [2.75, 3.05) is 20.3 Å². The number of hydrogen-bond donors (Lipinski definition) is 1. The first-order valence-electron chi connectivity index (χ1n) is 7.16. The summed E-state index contributed by atoms with van der Waals surface area (Å²) >= 11 is 3.62. The highest BCUT2D eigenvalue weighted by molar-refractivity contribution is 9.10. The topological polar surface area (TPSA) is 52.2 Å². The first kappa shape index (κ1) is 16.3. The summed E-state index contributed by atoms with van der Waals surface area (Å²) in [5.41, 5.74) is 2.24. The van der Waals surface area contributed by atoms with Gasteiger partial charge in [-0.25, -0.2) is 0 Å². The molecular formula is C15H22BrN3O2. The summed E-state index contributed by atoms with van der Waals surface area (Å²) in [4.78, 5) is 0. The van der Waals surface area contributed by atoms with Gasteiger partial charge in [-0.3, -0.25) is 4.68 Å². The van der Waals surface area contributed by atoms with Gasteiger partial charge in [0.1, 0.15) is 5.76 Å². The van der Waals surface area contributed by atoms with Crippen LogP contribution in [0.15, 0.2) is 27.4 Å². The Balaban J connectivity index is 2.36. The van der Waals surface area contributed by atoms with E-state index in [0.717, 1.165) is 41.0 Å². The van der Waals surface area contributed by atoms with E-state index in [4.69, 9.17) is 9.15 Å². The van der Waals surface area contributed by atoms with Gasteiger partial charge < -0.3 is 14.5 Å². The average Bonchev–Trinajstić information content (AvgIpc) is 3.05. The lowest BCUT2D eigenvalue weighted by Gasteiger charge is -2.20. The molecule has 1 N–H and O–H groups in total. The zero-order valence-electron chi connectivity index (χ0n) is 12.7. The second-order valence-electron chi connectivity index (χ2n) is 4.91. The SMILES string of the molecule is CCCNC(c1ccoc1C)c1c(Br)cnn1CCOC. The van der Waals surface area contributed by atoms with E-state index in [0.29, 0.717) is 6.61 Å². The van der Waals surface area contributed by atoms with Gasteiger partial charge in [-0.1, -0.05) is 6.92 Å². The van der Waals surface area contributed by atoms with Crippen LogP contribution in [0.3, 0.4) is 0 Å². The second kappa shape index (κ2) is 7.77. The Hall–Kier alpha value is -1.11. The van der Waals surface area contributed by atoms with E-state index in [-0.39, 0.29) is 6.04 Å². The molecule has 0 radical (unpaired) electrons. The van der Waals surface area contributed by atoms with Crippen LogP contribution >= 0.6 is 15.9 Å². The molecule has 0 fully saturated rings. The molecule has 0 aliphatic carbocycles. The Labute approximate surface area is 133 Å². The molecule has 5 nitrogen and oxygen atoms in total. The van der Waals surface area contributed by atoms with Crippen molar-refractivity contribution < 1.29 is 9.15 Å². The van der Waals surface area contributed by atoms with Crippen LogP contribution in [0.5, 0.6) is 0 Å². The summed E-state index contributed by atoms with van der Waals surface area (Å²) in [7, 11) is 1.70. The maximum Gasteiger partial charge on any atom is 0.105 e. The van der Waals surface area contributed by atoms with Crippen LogP contribution in [0, 0.1) is 6.92 Å². The zero-order valence-corrected chi connectivity index (χ0v) is 14.3. The fourth-order valence-electron chi connectivity index (χ4n) is 2.35. The Morgan fingerprint density at radius 1 is 1.52 bits per heavy atom. The number of furan rings is 1. The summed E-state index contributed by atoms with van der Waals surface area (Å²) in [6.07, 6.45) is 4.63. The standard InChI is InChI=1S/C15H22BrN3O2/c1-4-6-17-14(12-5-8-21-11(12)2)15-13(16)10-18-19(15)7-9-20-3/h5,8,10,14,17H,4,6-7,9H2,1-3H3. The minimum absolute atomic E-state index is 0.0532. The van der Waals surface area contributed by atoms with E-state index in [1.165, 1.54) is 0 Å². The van der Waals surface area contributed by atoms with Crippen LogP contribution in [0.25, 0.3) is 0 Å². The Morgan fingerprint density at radius 3 is 2.95 bits per heavy atom. The summed E-state index contributed by atoms with van der Waals surface area (Å²) in [6, 6.07) is 2.07. The number of halogens is 1. The second-order valence-corrected chi connectivity index (χ2v) is 5.77. The van der Waals surface area contributed by atoms with Crippen molar-refractivity contribution in [1.82, 2.24) is 15.1 Å². The molecule has 2 rings (SSSR count). The first-order chi connectivity index (χ1) is 10.2. The molecule has 0 aliphatic rings. The number of methoxy groups -OCH3 is 1. The Kier molecular flexibility index (Phi) is 6.02. The van der Waals surface area contributed by atoms with E-state index < -0.39 is 0 Å². The number of ether oxygens (including phenoxy) is 1. The fourth-order valence-corrected chi connectivity index (χ4v) is 2.88. The molecule has 0 amide bonds. The van der Waals surface area contributed by atoms with Gasteiger partial charge in [0.05, 0.1) is 41.8 Å². The minimum Gasteiger partial charge on any atom is -0.469 e. The number of hydrogen-bond acceptors (Lipinski definition) is 4. The summed E-state index contributed by atoms with van der Waals surface area (Å²) in [6.45, 7) is 6.42. The van der Waals surface area contributed by atoms with Crippen LogP contribution in [0.1, 0.15) is 36.4 Å². The smallest absolute Gasteiger partial charge is 0.105 e. The van der Waals surface area contributed by atoms with Gasteiger partial charge in [0, 0.05) is 12.7 Å². The third kappa shape index (κ3) is 3.75. The van der Waals surface area contributed by atoms with E-state index in [1.54, 1.807) is 13.4 Å². The monoisotopic (exact) mass is 355 g/mol. The normalized spacial score (nSPS) is 12.8. The van der Waals surface area contributed by atoms with Crippen LogP contribution < -0.4 is 5.32 Å². The lowest BCUT2D eigenvalue weighted by Crippen LogP contribution is -2.27. The summed E-state index contributed by atoms with van der Waals surface area (Å²) < 4.78 is 13.6. The van der Waals surface area contributed by atoms with Crippen molar-refractivity contribution in [3.8, 4) is 0 Å². The molecule has 1 atom stereocenters. The molecule has 2 aromatic heterocycles. The molecular weight excluding hydrogens is 334 g/mol. The van der Waals surface area contributed by atoms with Gasteiger partial charge >= 0.3 is 0 Å². The molecule has 21 heavy (non-hydrogen) atoms. The predicted molar refractivity (Wildman–Crippen MR) is 85.4 cm³/mol. The van der Waals surface area contributed by atoms with Crippen molar-refractivity contribution in [2.45, 2.75) is 32.9 Å². The molecule has 0 aromatic carbocycles. The van der Waals surface area contributed by atoms with Gasteiger partial charge in [0.25, 0.3) is 0 Å². The summed E-state index contributed by atoms with van der Waals surface area (Å²) in [5.74, 6) is 0.926. The van der Waals surface area contributed by atoms with Gasteiger partial charge in [-0.15, -0.1) is 0 Å². The van der Waals surface area contributed by atoms with Crippen LogP contribution in [0.4, 0.5) is 0 Å². The number of rotatable bonds is 8. The molecule has 2 aromatic rings. The molecule has 1 unspecified atom stereocenters. The predicted octanol–water partition coefficient (Wildman–Crippen LogP) is 3.28. The molecule has 0 spiro atoms. The number of aryl methyl sites for hydroxylation is 1. The van der Waals surface area contributed by atoms with Crippen molar-refractivity contribution in [3.63, 3.8) is 0 Å². The van der Waals surface area contributed by atoms with Crippen molar-refractivity contribution in [2.24, 2.45) is 0 Å². The van der Waals surface area contributed by atoms with Crippen LogP contribution in [0.2, 0.25) is 0 Å². The lowest BCUT2D eigenvalue weighted by atomic mass is 10.0. The van der Waals surface area contributed by atoms with Gasteiger partial charge in [-0.2, -0.15) is 5.10 Å². The quantitative estimate of drug-likeness (QED) is 0.789. The Bertz CT molecular complexity index is 565. The Morgan fingerprint density at radius 2 is 2.33 bits per heavy atom. The molecule has 116 valence electrons. The third-order valence-electron chi connectivity index (χ3n) is 3.42. The van der Waals surface area contributed by atoms with Crippen molar-refractivity contribution in [3.05, 3.63) is 40.0 Å². The highest BCUT2D eigenvalue weighted by Crippen LogP contribution is 2.31. The van der Waals surface area contributed by atoms with Gasteiger partial charge in [0.2, 0.25) is 0 Å². The molecule has 6 heteroatoms. The minimum atomic E-state index is 0.0532. The number of aromatic nitrogens is 2. The molecule has 0 saturated heterocycles. The highest BCUT2D eigenvalue weighted by atomic mass is 79.9. The summed E-state index contributed by atoms with van der Waals surface area (Å²) in [5, 5.41) is 8.02. The van der Waals surface area contributed by atoms with Crippen molar-refractivity contribution in [1.29, 1.82) is 0 Å². The fraction of sp³-hybridized carbons (Fsp3) is 0.533. The van der Waals surface area contributed by atoms with E-state index >= 15 is 0 Å². The largest absolute Gasteiger partial charge is 0.469 e. The maximum absolute atomic E-state index is 5.47.